The fraction of sp³-hybridized carbons (Fsp3) is 0.632. The van der Waals surface area contributed by atoms with Crippen LogP contribution in [-0.2, 0) is 16.6 Å². The largest absolute Gasteiger partial charge is 0.360 e. The number of rotatable bonds is 5. The molecule has 2 fully saturated rings. The van der Waals surface area contributed by atoms with E-state index in [9.17, 15) is 8.42 Å². The first-order chi connectivity index (χ1) is 12.9. The predicted molar refractivity (Wildman–Crippen MR) is 112 cm³/mol. The van der Waals surface area contributed by atoms with Crippen molar-refractivity contribution in [2.45, 2.75) is 49.6 Å². The molecule has 1 aliphatic carbocycles. The summed E-state index contributed by atoms with van der Waals surface area (Å²) in [7, 11) is -1.39. The van der Waals surface area contributed by atoms with Crippen LogP contribution in [0, 0.1) is 0 Å². The van der Waals surface area contributed by atoms with Crippen LogP contribution >= 0.6 is 12.2 Å². The predicted octanol–water partition coefficient (Wildman–Crippen LogP) is 1.92. The highest BCUT2D eigenvalue weighted by atomic mass is 32.2. The Morgan fingerprint density at radius 2 is 1.70 bits per heavy atom. The average Bonchev–Trinajstić information content (AvgIpc) is 2.68. The number of piperazine rings is 1. The molecule has 150 valence electrons. The van der Waals surface area contributed by atoms with Gasteiger partial charge in [0.25, 0.3) is 0 Å². The highest BCUT2D eigenvalue weighted by Gasteiger charge is 2.27. The van der Waals surface area contributed by atoms with Crippen molar-refractivity contribution in [3.05, 3.63) is 29.8 Å². The van der Waals surface area contributed by atoms with Gasteiger partial charge in [-0.25, -0.2) is 8.42 Å². The van der Waals surface area contributed by atoms with Crippen molar-refractivity contribution < 1.29 is 8.42 Å². The second kappa shape index (κ2) is 9.32. The summed E-state index contributed by atoms with van der Waals surface area (Å²) in [5.74, 6) is 0. The minimum absolute atomic E-state index is 0.360. The molecule has 1 saturated heterocycles. The lowest BCUT2D eigenvalue weighted by Gasteiger charge is -2.31. The van der Waals surface area contributed by atoms with Gasteiger partial charge in [0, 0.05) is 38.8 Å². The lowest BCUT2D eigenvalue weighted by Crippen LogP contribution is -2.47. The highest BCUT2D eigenvalue weighted by molar-refractivity contribution is 7.89. The molecular weight excluding hydrogens is 380 g/mol. The maximum atomic E-state index is 12.8. The van der Waals surface area contributed by atoms with Crippen LogP contribution in [0.25, 0.3) is 0 Å². The molecule has 0 radical (unpaired) electrons. The SMILES string of the molecule is CN1CCN(S(=O)(=O)c2ccc(CNC(=S)NC3CCCCC3)cc2)CC1. The molecule has 0 spiro atoms. The van der Waals surface area contributed by atoms with E-state index in [1.165, 1.54) is 32.1 Å². The van der Waals surface area contributed by atoms with Crippen LogP contribution in [0.1, 0.15) is 37.7 Å². The zero-order valence-corrected chi connectivity index (χ0v) is 17.6. The van der Waals surface area contributed by atoms with E-state index in [-0.39, 0.29) is 0 Å². The third-order valence-electron chi connectivity index (χ3n) is 5.42. The summed E-state index contributed by atoms with van der Waals surface area (Å²) < 4.78 is 27.1. The fourth-order valence-corrected chi connectivity index (χ4v) is 5.28. The maximum Gasteiger partial charge on any atom is 0.243 e. The molecule has 0 amide bonds. The molecule has 0 bridgehead atoms. The number of thiocarbonyl (C=S) groups is 1. The highest BCUT2D eigenvalue weighted by Crippen LogP contribution is 2.19. The molecule has 0 aromatic heterocycles. The van der Waals surface area contributed by atoms with E-state index in [4.69, 9.17) is 12.2 Å². The van der Waals surface area contributed by atoms with Crippen LogP contribution in [-0.4, -0.2) is 62.0 Å². The van der Waals surface area contributed by atoms with Crippen molar-refractivity contribution in [2.75, 3.05) is 33.2 Å². The van der Waals surface area contributed by atoms with Gasteiger partial charge in [-0.15, -0.1) is 0 Å². The summed E-state index contributed by atoms with van der Waals surface area (Å²) in [6.07, 6.45) is 6.22. The molecule has 1 aromatic carbocycles. The van der Waals surface area contributed by atoms with E-state index < -0.39 is 10.0 Å². The zero-order chi connectivity index (χ0) is 19.3. The molecule has 1 saturated carbocycles. The standard InChI is InChI=1S/C19H30N4O2S2/c1-22-11-13-23(14-12-22)27(24,25)18-9-7-16(8-10-18)15-20-19(26)21-17-5-3-2-4-6-17/h7-10,17H,2-6,11-15H2,1H3,(H2,20,21,26). The van der Waals surface area contributed by atoms with E-state index >= 15 is 0 Å². The topological polar surface area (TPSA) is 64.7 Å². The third-order valence-corrected chi connectivity index (χ3v) is 7.59. The molecule has 1 heterocycles. The minimum Gasteiger partial charge on any atom is -0.360 e. The first-order valence-electron chi connectivity index (χ1n) is 9.77. The monoisotopic (exact) mass is 410 g/mol. The Morgan fingerprint density at radius 3 is 2.33 bits per heavy atom. The Labute approximate surface area is 168 Å². The minimum atomic E-state index is -3.40. The zero-order valence-electron chi connectivity index (χ0n) is 16.0. The smallest absolute Gasteiger partial charge is 0.243 e. The number of nitrogens with one attached hydrogen (secondary N) is 2. The summed E-state index contributed by atoms with van der Waals surface area (Å²) in [5, 5.41) is 7.29. The molecule has 27 heavy (non-hydrogen) atoms. The number of nitrogens with zero attached hydrogens (tertiary/aromatic N) is 2. The normalized spacial score (nSPS) is 20.3. The Hall–Kier alpha value is -1.22. The van der Waals surface area contributed by atoms with Crippen molar-refractivity contribution in [1.82, 2.24) is 19.8 Å². The van der Waals surface area contributed by atoms with Gasteiger partial charge in [0.2, 0.25) is 10.0 Å². The number of hydrogen-bond donors (Lipinski definition) is 2. The Balaban J connectivity index is 1.51. The summed E-state index contributed by atoms with van der Waals surface area (Å²) in [4.78, 5) is 2.50. The summed E-state index contributed by atoms with van der Waals surface area (Å²) in [6.45, 7) is 3.22. The van der Waals surface area contributed by atoms with Gasteiger partial charge in [0.05, 0.1) is 4.90 Å². The van der Waals surface area contributed by atoms with Crippen molar-refractivity contribution >= 4 is 27.4 Å². The van der Waals surface area contributed by atoms with Crippen molar-refractivity contribution in [3.8, 4) is 0 Å². The second-order valence-corrected chi connectivity index (χ2v) is 9.86. The Bertz CT molecular complexity index is 723. The maximum absolute atomic E-state index is 12.8. The molecule has 8 heteroatoms. The van der Waals surface area contributed by atoms with Crippen LogP contribution in [0.5, 0.6) is 0 Å². The number of likely N-dealkylation sites (N-methyl/N-ethyl adjacent to an activating group) is 1. The second-order valence-electron chi connectivity index (χ2n) is 7.51. The summed E-state index contributed by atoms with van der Waals surface area (Å²) in [6, 6.07) is 7.60. The van der Waals surface area contributed by atoms with Crippen LogP contribution in [0.2, 0.25) is 0 Å². The number of sulfonamides is 1. The van der Waals surface area contributed by atoms with E-state index in [0.29, 0.717) is 35.7 Å². The lowest BCUT2D eigenvalue weighted by atomic mass is 9.96. The van der Waals surface area contributed by atoms with E-state index in [1.807, 2.05) is 19.2 Å². The van der Waals surface area contributed by atoms with Gasteiger partial charge in [-0.1, -0.05) is 31.4 Å². The van der Waals surface area contributed by atoms with Gasteiger partial charge >= 0.3 is 0 Å². The van der Waals surface area contributed by atoms with Crippen molar-refractivity contribution in [3.63, 3.8) is 0 Å². The average molecular weight is 411 g/mol. The molecule has 0 atom stereocenters. The summed E-state index contributed by atoms with van der Waals surface area (Å²) >= 11 is 5.39. The number of benzene rings is 1. The van der Waals surface area contributed by atoms with Gasteiger partial charge in [-0.2, -0.15) is 4.31 Å². The Morgan fingerprint density at radius 1 is 1.07 bits per heavy atom. The van der Waals surface area contributed by atoms with E-state index in [0.717, 1.165) is 18.7 Å². The van der Waals surface area contributed by atoms with Gasteiger partial charge in [-0.3, -0.25) is 0 Å². The van der Waals surface area contributed by atoms with Gasteiger partial charge < -0.3 is 15.5 Å². The van der Waals surface area contributed by atoms with Crippen LogP contribution in [0.4, 0.5) is 0 Å². The van der Waals surface area contributed by atoms with Crippen LogP contribution in [0.15, 0.2) is 29.2 Å². The quantitative estimate of drug-likeness (QED) is 0.723. The molecule has 0 unspecified atom stereocenters. The lowest BCUT2D eigenvalue weighted by molar-refractivity contribution is 0.222. The third kappa shape index (κ3) is 5.63. The first kappa shape index (κ1) is 20.5. The summed E-state index contributed by atoms with van der Waals surface area (Å²) in [5.41, 5.74) is 1.01. The fourth-order valence-electron chi connectivity index (χ4n) is 3.62. The van der Waals surface area contributed by atoms with Crippen molar-refractivity contribution in [1.29, 1.82) is 0 Å². The molecule has 1 aromatic rings. The molecule has 2 N–H and O–H groups in total. The van der Waals surface area contributed by atoms with Gasteiger partial charge in [0.15, 0.2) is 5.11 Å². The Kier molecular flexibility index (Phi) is 7.08. The molecule has 3 rings (SSSR count). The molecule has 2 aliphatic rings. The van der Waals surface area contributed by atoms with Gasteiger partial charge in [0.1, 0.15) is 0 Å². The van der Waals surface area contributed by atoms with Crippen LogP contribution < -0.4 is 10.6 Å². The van der Waals surface area contributed by atoms with E-state index in [2.05, 4.69) is 15.5 Å². The van der Waals surface area contributed by atoms with E-state index in [1.54, 1.807) is 16.4 Å². The van der Waals surface area contributed by atoms with Crippen LogP contribution in [0.3, 0.4) is 0 Å². The number of hydrogen-bond acceptors (Lipinski definition) is 4. The van der Waals surface area contributed by atoms with Gasteiger partial charge in [-0.05, 0) is 49.8 Å². The molecular formula is C19H30N4O2S2. The molecule has 1 aliphatic heterocycles. The molecule has 6 nitrogen and oxygen atoms in total. The first-order valence-corrected chi connectivity index (χ1v) is 11.6. The van der Waals surface area contributed by atoms with Crippen molar-refractivity contribution in [2.24, 2.45) is 0 Å².